The fourth-order valence-electron chi connectivity index (χ4n) is 2.62. The third kappa shape index (κ3) is 4.34. The number of thiazole rings is 1. The van der Waals surface area contributed by atoms with Crippen LogP contribution in [0.1, 0.15) is 36.3 Å². The van der Waals surface area contributed by atoms with Gasteiger partial charge in [0.1, 0.15) is 0 Å². The number of nitrogens with zero attached hydrogens (tertiary/aromatic N) is 2. The molecule has 0 radical (unpaired) electrons. The molecule has 102 valence electrons. The zero-order valence-corrected chi connectivity index (χ0v) is 12.4. The highest BCUT2D eigenvalue weighted by molar-refractivity contribution is 7.09. The summed E-state index contributed by atoms with van der Waals surface area (Å²) >= 11 is 1.78. The molecule has 0 saturated carbocycles. The van der Waals surface area contributed by atoms with E-state index in [1.807, 2.05) is 5.51 Å². The first-order valence-corrected chi connectivity index (χ1v) is 7.92. The second-order valence-electron chi connectivity index (χ2n) is 5.45. The van der Waals surface area contributed by atoms with E-state index < -0.39 is 0 Å². The second-order valence-corrected chi connectivity index (χ2v) is 6.39. The molecule has 1 N–H and O–H groups in total. The zero-order valence-electron chi connectivity index (χ0n) is 11.6. The fraction of sp³-hybridized carbons (Fsp3) is 0.786. The number of rotatable bonds is 6. The highest BCUT2D eigenvalue weighted by Crippen LogP contribution is 2.17. The van der Waals surface area contributed by atoms with Crippen molar-refractivity contribution in [1.29, 1.82) is 0 Å². The minimum atomic E-state index is 0.914. The molecule has 0 spiro atoms. The monoisotopic (exact) mass is 267 g/mol. The number of aromatic nitrogens is 1. The van der Waals surface area contributed by atoms with Crippen LogP contribution in [0.3, 0.4) is 0 Å². The van der Waals surface area contributed by atoms with E-state index in [0.717, 1.165) is 12.5 Å². The fourth-order valence-corrected chi connectivity index (χ4v) is 3.48. The molecular formula is C14H25N3S. The van der Waals surface area contributed by atoms with Gasteiger partial charge in [0.2, 0.25) is 0 Å². The van der Waals surface area contributed by atoms with Crippen molar-refractivity contribution in [2.75, 3.05) is 26.7 Å². The zero-order chi connectivity index (χ0) is 12.8. The Morgan fingerprint density at radius 1 is 1.56 bits per heavy atom. The Balaban J connectivity index is 1.62. The maximum Gasteiger partial charge on any atom is 0.0798 e. The van der Waals surface area contributed by atoms with E-state index in [1.165, 1.54) is 55.9 Å². The lowest BCUT2D eigenvalue weighted by molar-refractivity contribution is 0.288. The van der Waals surface area contributed by atoms with Gasteiger partial charge in [0.15, 0.2) is 0 Å². The highest BCUT2D eigenvalue weighted by atomic mass is 32.1. The summed E-state index contributed by atoms with van der Waals surface area (Å²) in [7, 11) is 2.22. The molecule has 1 fully saturated rings. The lowest BCUT2D eigenvalue weighted by atomic mass is 9.95. The first-order valence-electron chi connectivity index (χ1n) is 7.04. The van der Waals surface area contributed by atoms with Gasteiger partial charge in [-0.25, -0.2) is 4.98 Å². The van der Waals surface area contributed by atoms with Gasteiger partial charge in [-0.2, -0.15) is 0 Å². The van der Waals surface area contributed by atoms with Gasteiger partial charge in [-0.3, -0.25) is 0 Å². The Hall–Kier alpha value is -0.450. The number of hydrogen-bond acceptors (Lipinski definition) is 4. The van der Waals surface area contributed by atoms with Crippen molar-refractivity contribution in [3.8, 4) is 0 Å². The van der Waals surface area contributed by atoms with Gasteiger partial charge >= 0.3 is 0 Å². The van der Waals surface area contributed by atoms with Crippen molar-refractivity contribution in [3.05, 3.63) is 16.1 Å². The predicted octanol–water partition coefficient (Wildman–Crippen LogP) is 2.66. The van der Waals surface area contributed by atoms with Crippen LogP contribution in [-0.4, -0.2) is 36.6 Å². The Morgan fingerprint density at radius 2 is 2.44 bits per heavy atom. The van der Waals surface area contributed by atoms with Crippen LogP contribution in [0.4, 0.5) is 0 Å². The first kappa shape index (κ1) is 14.0. The summed E-state index contributed by atoms with van der Waals surface area (Å²) in [6.07, 6.45) is 5.48. The maximum absolute atomic E-state index is 4.31. The van der Waals surface area contributed by atoms with Gasteiger partial charge in [-0.05, 0) is 65.2 Å². The van der Waals surface area contributed by atoms with Crippen molar-refractivity contribution in [2.24, 2.45) is 5.92 Å². The van der Waals surface area contributed by atoms with Crippen molar-refractivity contribution >= 4 is 11.3 Å². The van der Waals surface area contributed by atoms with Crippen LogP contribution in [0.25, 0.3) is 0 Å². The summed E-state index contributed by atoms with van der Waals surface area (Å²) in [6, 6.07) is 0. The second kappa shape index (κ2) is 7.22. The van der Waals surface area contributed by atoms with Crippen molar-refractivity contribution in [2.45, 2.75) is 39.2 Å². The Kier molecular flexibility index (Phi) is 5.60. The molecule has 1 atom stereocenters. The summed E-state index contributed by atoms with van der Waals surface area (Å²) in [5.74, 6) is 0.914. The lowest BCUT2D eigenvalue weighted by Gasteiger charge is -2.23. The van der Waals surface area contributed by atoms with Crippen LogP contribution in [0, 0.1) is 12.8 Å². The minimum absolute atomic E-state index is 0.914. The molecule has 0 aromatic carbocycles. The van der Waals surface area contributed by atoms with Crippen LogP contribution in [0.5, 0.6) is 0 Å². The molecule has 1 unspecified atom stereocenters. The van der Waals surface area contributed by atoms with Crippen molar-refractivity contribution in [3.63, 3.8) is 0 Å². The van der Waals surface area contributed by atoms with Gasteiger partial charge in [0, 0.05) is 11.4 Å². The average Bonchev–Trinajstić information content (AvgIpc) is 2.76. The van der Waals surface area contributed by atoms with Gasteiger partial charge in [-0.1, -0.05) is 0 Å². The molecule has 1 saturated heterocycles. The molecule has 1 aliphatic rings. The molecule has 2 heterocycles. The molecule has 18 heavy (non-hydrogen) atoms. The largest absolute Gasteiger partial charge is 0.316 e. The highest BCUT2D eigenvalue weighted by Gasteiger charge is 2.13. The Labute approximate surface area is 115 Å². The summed E-state index contributed by atoms with van der Waals surface area (Å²) in [6.45, 7) is 6.82. The molecule has 2 rings (SSSR count). The number of hydrogen-bond donors (Lipinski definition) is 1. The van der Waals surface area contributed by atoms with E-state index >= 15 is 0 Å². The quantitative estimate of drug-likeness (QED) is 0.859. The van der Waals surface area contributed by atoms with E-state index in [2.05, 4.69) is 29.2 Å². The van der Waals surface area contributed by atoms with Crippen molar-refractivity contribution in [1.82, 2.24) is 15.2 Å². The van der Waals surface area contributed by atoms with Crippen LogP contribution >= 0.6 is 11.3 Å². The smallest absolute Gasteiger partial charge is 0.0798 e. The Morgan fingerprint density at radius 3 is 3.11 bits per heavy atom. The topological polar surface area (TPSA) is 28.2 Å². The molecule has 1 aliphatic heterocycles. The van der Waals surface area contributed by atoms with Crippen LogP contribution < -0.4 is 5.32 Å². The average molecular weight is 267 g/mol. The van der Waals surface area contributed by atoms with Gasteiger partial charge in [-0.15, -0.1) is 11.3 Å². The van der Waals surface area contributed by atoms with E-state index in [-0.39, 0.29) is 0 Å². The summed E-state index contributed by atoms with van der Waals surface area (Å²) in [4.78, 5) is 8.15. The van der Waals surface area contributed by atoms with E-state index in [4.69, 9.17) is 0 Å². The number of aryl methyl sites for hydroxylation is 1. The normalized spacial score (nSPS) is 20.5. The summed E-state index contributed by atoms with van der Waals surface area (Å²) in [5.41, 5.74) is 3.15. The maximum atomic E-state index is 4.31. The SMILES string of the molecule is Cc1ncsc1CN(C)CCCC1CCCNC1. The minimum Gasteiger partial charge on any atom is -0.316 e. The Bertz CT molecular complexity index is 345. The molecule has 0 amide bonds. The van der Waals surface area contributed by atoms with E-state index in [9.17, 15) is 0 Å². The molecule has 1 aromatic heterocycles. The molecule has 3 nitrogen and oxygen atoms in total. The molecule has 0 aliphatic carbocycles. The number of piperidine rings is 1. The summed E-state index contributed by atoms with van der Waals surface area (Å²) < 4.78 is 0. The summed E-state index contributed by atoms with van der Waals surface area (Å²) in [5, 5.41) is 3.50. The van der Waals surface area contributed by atoms with E-state index in [1.54, 1.807) is 11.3 Å². The third-order valence-corrected chi connectivity index (χ3v) is 4.73. The van der Waals surface area contributed by atoms with Gasteiger partial charge < -0.3 is 10.2 Å². The molecular weight excluding hydrogens is 242 g/mol. The predicted molar refractivity (Wildman–Crippen MR) is 78.0 cm³/mol. The first-order chi connectivity index (χ1) is 8.75. The standard InChI is InChI=1S/C14H25N3S/c1-12-14(18-11-16-12)10-17(2)8-4-6-13-5-3-7-15-9-13/h11,13,15H,3-10H2,1-2H3. The lowest BCUT2D eigenvalue weighted by Crippen LogP contribution is -2.30. The van der Waals surface area contributed by atoms with Crippen molar-refractivity contribution < 1.29 is 0 Å². The molecule has 4 heteroatoms. The van der Waals surface area contributed by atoms with Crippen LogP contribution in [-0.2, 0) is 6.54 Å². The number of nitrogens with one attached hydrogen (secondary N) is 1. The van der Waals surface area contributed by atoms with Gasteiger partial charge in [0.25, 0.3) is 0 Å². The molecule has 1 aromatic rings. The molecule has 0 bridgehead atoms. The van der Waals surface area contributed by atoms with Crippen LogP contribution in [0.2, 0.25) is 0 Å². The van der Waals surface area contributed by atoms with Crippen LogP contribution in [0.15, 0.2) is 5.51 Å². The third-order valence-electron chi connectivity index (χ3n) is 3.81. The van der Waals surface area contributed by atoms with E-state index in [0.29, 0.717) is 0 Å². The van der Waals surface area contributed by atoms with Gasteiger partial charge in [0.05, 0.1) is 11.2 Å².